The van der Waals surface area contributed by atoms with Crippen molar-refractivity contribution in [3.63, 3.8) is 0 Å². The van der Waals surface area contributed by atoms with Crippen molar-refractivity contribution in [2.24, 2.45) is 15.9 Å². The Morgan fingerprint density at radius 1 is 1.15 bits per heavy atom. The van der Waals surface area contributed by atoms with Gasteiger partial charge in [0.05, 0.1) is 40.1 Å². The van der Waals surface area contributed by atoms with Crippen LogP contribution in [0.5, 0.6) is 0 Å². The van der Waals surface area contributed by atoms with E-state index in [0.717, 1.165) is 12.1 Å². The van der Waals surface area contributed by atoms with Gasteiger partial charge in [0, 0.05) is 5.56 Å². The highest BCUT2D eigenvalue weighted by Gasteiger charge is 2.41. The third-order valence-corrected chi connectivity index (χ3v) is 4.39. The van der Waals surface area contributed by atoms with Crippen molar-refractivity contribution in [2.75, 3.05) is 0 Å². The maximum Gasteiger partial charge on any atom is 0.337 e. The molecule has 0 saturated carbocycles. The third-order valence-electron chi connectivity index (χ3n) is 4.39. The number of aromatic carboxylic acids is 3. The molecule has 0 aromatic heterocycles. The second-order valence-corrected chi connectivity index (χ2v) is 6.08. The zero-order valence-corrected chi connectivity index (χ0v) is 14.8. The number of hydrogen-bond donors (Lipinski definition) is 3. The first-order valence-corrected chi connectivity index (χ1v) is 8.02. The lowest BCUT2D eigenvalue weighted by Crippen LogP contribution is -2.25. The van der Waals surface area contributed by atoms with Gasteiger partial charge in [0.25, 0.3) is 0 Å². The minimum atomic E-state index is -1.57. The molecule has 9 heteroatoms. The van der Waals surface area contributed by atoms with Crippen LogP contribution in [0.15, 0.2) is 22.1 Å². The number of carbonyl (C=O) groups is 3. The molecular weight excluding hydrogens is 354 g/mol. The second-order valence-electron chi connectivity index (χ2n) is 6.08. The van der Waals surface area contributed by atoms with Gasteiger partial charge in [0.15, 0.2) is 5.66 Å². The zero-order valence-electron chi connectivity index (χ0n) is 14.8. The number of nitrogens with zero attached hydrogens (tertiary/aromatic N) is 3. The Hall–Kier alpha value is -3.54. The molecule has 3 N–H and O–H groups in total. The van der Waals surface area contributed by atoms with Gasteiger partial charge >= 0.3 is 17.9 Å². The van der Waals surface area contributed by atoms with Crippen LogP contribution in [0.1, 0.15) is 63.8 Å². The fourth-order valence-corrected chi connectivity index (χ4v) is 3.06. The van der Waals surface area contributed by atoms with E-state index >= 15 is 0 Å². The Bertz CT molecular complexity index is 957. The monoisotopic (exact) mass is 371 g/mol. The molecule has 9 nitrogen and oxygen atoms in total. The van der Waals surface area contributed by atoms with Gasteiger partial charge in [0.1, 0.15) is 0 Å². The number of carboxylic acid groups (broad SMARTS) is 3. The van der Waals surface area contributed by atoms with E-state index in [0.29, 0.717) is 11.4 Å². The normalized spacial score (nSPS) is 19.6. The van der Waals surface area contributed by atoms with Crippen LogP contribution in [-0.2, 0) is 5.66 Å². The quantitative estimate of drug-likeness (QED) is 0.692. The van der Waals surface area contributed by atoms with E-state index in [4.69, 9.17) is 5.26 Å². The van der Waals surface area contributed by atoms with Crippen molar-refractivity contribution in [1.29, 1.82) is 5.26 Å². The van der Waals surface area contributed by atoms with Crippen molar-refractivity contribution in [3.8, 4) is 6.07 Å². The number of carboxylic acids is 3. The number of nitriles is 1. The minimum Gasteiger partial charge on any atom is -0.478 e. The van der Waals surface area contributed by atoms with Crippen LogP contribution in [-0.4, -0.2) is 44.7 Å². The Labute approximate surface area is 154 Å². The highest BCUT2D eigenvalue weighted by atomic mass is 16.4. The van der Waals surface area contributed by atoms with Crippen LogP contribution < -0.4 is 0 Å². The van der Waals surface area contributed by atoms with E-state index in [-0.39, 0.29) is 17.5 Å². The number of rotatable bonds is 6. The van der Waals surface area contributed by atoms with Gasteiger partial charge in [-0.1, -0.05) is 6.92 Å². The lowest BCUT2D eigenvalue weighted by molar-refractivity contribution is 0.0646. The molecule has 1 aromatic rings. The summed E-state index contributed by atoms with van der Waals surface area (Å²) in [5.41, 5.74) is -2.48. The molecule has 27 heavy (non-hydrogen) atoms. The average molecular weight is 371 g/mol. The largest absolute Gasteiger partial charge is 0.478 e. The van der Waals surface area contributed by atoms with Gasteiger partial charge in [-0.3, -0.25) is 9.98 Å². The first-order valence-electron chi connectivity index (χ1n) is 8.02. The van der Waals surface area contributed by atoms with Gasteiger partial charge in [-0.2, -0.15) is 5.26 Å². The highest BCUT2D eigenvalue weighted by molar-refractivity contribution is 6.44. The van der Waals surface area contributed by atoms with E-state index in [1.165, 1.54) is 0 Å². The molecule has 0 bridgehead atoms. The summed E-state index contributed by atoms with van der Waals surface area (Å²) in [6.07, 6.45) is 0.147. The van der Waals surface area contributed by atoms with Gasteiger partial charge in [-0.25, -0.2) is 14.4 Å². The molecule has 2 rings (SSSR count). The number of benzene rings is 1. The van der Waals surface area contributed by atoms with Crippen molar-refractivity contribution in [3.05, 3.63) is 34.4 Å². The molecule has 1 heterocycles. The molecule has 0 spiro atoms. The molecule has 1 aliphatic heterocycles. The van der Waals surface area contributed by atoms with E-state index in [1.54, 1.807) is 20.8 Å². The topological polar surface area (TPSA) is 160 Å². The summed E-state index contributed by atoms with van der Waals surface area (Å²) in [5.74, 6) is -5.12. The van der Waals surface area contributed by atoms with Gasteiger partial charge in [-0.05, 0) is 32.4 Å². The molecule has 2 unspecified atom stereocenters. The Kier molecular flexibility index (Phi) is 5.12. The predicted octanol–water partition coefficient (Wildman–Crippen LogP) is 2.42. The first-order chi connectivity index (χ1) is 12.6. The van der Waals surface area contributed by atoms with E-state index in [2.05, 4.69) is 9.98 Å². The first kappa shape index (κ1) is 19.8. The lowest BCUT2D eigenvalue weighted by atomic mass is 9.88. The highest BCUT2D eigenvalue weighted by Crippen LogP contribution is 2.40. The number of hydrogen-bond acceptors (Lipinski definition) is 6. The fraction of sp³-hybridized carbons (Fsp3) is 0.333. The maximum absolute atomic E-state index is 11.8. The van der Waals surface area contributed by atoms with E-state index in [9.17, 15) is 29.7 Å². The summed E-state index contributed by atoms with van der Waals surface area (Å²) in [4.78, 5) is 43.7. The Balaban J connectivity index is 2.93. The van der Waals surface area contributed by atoms with Crippen LogP contribution >= 0.6 is 0 Å². The standard InChI is InChI=1S/C18H17N3O6/c1-4-18(20-9(3)14(21-18)8(2)7-19)12-6-10(15(22)23)5-11(16(24)25)13(12)17(26)27/h5-6,8H,4H2,1-3H3,(H,22,23)(H,24,25)(H,26,27). The molecule has 0 saturated heterocycles. The van der Waals surface area contributed by atoms with Crippen LogP contribution in [0, 0.1) is 17.2 Å². The fourth-order valence-electron chi connectivity index (χ4n) is 3.06. The predicted molar refractivity (Wildman–Crippen MR) is 94.6 cm³/mol. The van der Waals surface area contributed by atoms with Crippen LogP contribution in [0.4, 0.5) is 0 Å². The van der Waals surface area contributed by atoms with Gasteiger partial charge < -0.3 is 15.3 Å². The lowest BCUT2D eigenvalue weighted by Gasteiger charge is -2.25. The second kappa shape index (κ2) is 6.99. The molecule has 0 aliphatic carbocycles. The zero-order chi connectivity index (χ0) is 20.5. The van der Waals surface area contributed by atoms with Crippen LogP contribution in [0.2, 0.25) is 0 Å². The third kappa shape index (κ3) is 3.29. The molecule has 140 valence electrons. The molecule has 0 amide bonds. The van der Waals surface area contributed by atoms with Gasteiger partial charge in [-0.15, -0.1) is 0 Å². The summed E-state index contributed by atoms with van der Waals surface area (Å²) in [6.45, 7) is 4.89. The molecule has 1 aliphatic rings. The van der Waals surface area contributed by atoms with Crippen LogP contribution in [0.3, 0.4) is 0 Å². The maximum atomic E-state index is 11.8. The smallest absolute Gasteiger partial charge is 0.337 e. The average Bonchev–Trinajstić information content (AvgIpc) is 2.97. The van der Waals surface area contributed by atoms with Crippen molar-refractivity contribution >= 4 is 29.3 Å². The van der Waals surface area contributed by atoms with E-state index in [1.807, 2.05) is 6.07 Å². The minimum absolute atomic E-state index is 0.130. The summed E-state index contributed by atoms with van der Waals surface area (Å²) >= 11 is 0. The molecule has 2 atom stereocenters. The summed E-state index contributed by atoms with van der Waals surface area (Å²) in [7, 11) is 0. The van der Waals surface area contributed by atoms with Crippen LogP contribution in [0.25, 0.3) is 0 Å². The molecule has 1 aromatic carbocycles. The molecule has 0 fully saturated rings. The SMILES string of the molecule is CCC1(c2cc(C(=O)O)cc(C(=O)O)c2C(=O)O)N=C(C)C(C(C)C#N)=N1. The van der Waals surface area contributed by atoms with Crippen molar-refractivity contribution in [2.45, 2.75) is 32.9 Å². The Morgan fingerprint density at radius 3 is 2.22 bits per heavy atom. The van der Waals surface area contributed by atoms with Crippen molar-refractivity contribution < 1.29 is 29.7 Å². The summed E-state index contributed by atoms with van der Waals surface area (Å²) < 4.78 is 0. The number of aliphatic imine (C=N–C) groups is 2. The van der Waals surface area contributed by atoms with Gasteiger partial charge in [0.2, 0.25) is 0 Å². The molecule has 0 radical (unpaired) electrons. The van der Waals surface area contributed by atoms with Crippen molar-refractivity contribution in [1.82, 2.24) is 0 Å². The molecular formula is C18H17N3O6. The summed E-state index contributed by atoms with van der Waals surface area (Å²) in [6, 6.07) is 3.92. The summed E-state index contributed by atoms with van der Waals surface area (Å²) in [5, 5.41) is 37.5. The Morgan fingerprint density at radius 2 is 1.78 bits per heavy atom. The van der Waals surface area contributed by atoms with E-state index < -0.39 is 40.6 Å².